The highest BCUT2D eigenvalue weighted by Gasteiger charge is 2.23. The molecule has 0 bridgehead atoms. The minimum absolute atomic E-state index is 0.0532. The van der Waals surface area contributed by atoms with Gasteiger partial charge in [-0.1, -0.05) is 0 Å². The molecule has 0 spiro atoms. The number of hydrogen-bond acceptors (Lipinski definition) is 5. The molecule has 2 N–H and O–H groups in total. The summed E-state index contributed by atoms with van der Waals surface area (Å²) in [5, 5.41) is 0.785. The summed E-state index contributed by atoms with van der Waals surface area (Å²) in [5.74, 6) is -0.434. The topological polar surface area (TPSA) is 95.8 Å². The Kier molecular flexibility index (Phi) is 3.87. The van der Waals surface area contributed by atoms with Crippen molar-refractivity contribution in [2.75, 3.05) is 5.06 Å². The molecule has 1 heterocycles. The van der Waals surface area contributed by atoms with E-state index in [0.717, 1.165) is 17.2 Å². The number of hydrogen-bond donors (Lipinski definition) is 2. The van der Waals surface area contributed by atoms with Crippen LogP contribution in [0.15, 0.2) is 42.9 Å². The monoisotopic (exact) mass is 285 g/mol. The predicted molar refractivity (Wildman–Crippen MR) is 63.7 cm³/mol. The normalized spacial score (nSPS) is 11.3. The lowest BCUT2D eigenvalue weighted by Gasteiger charge is -2.21. The van der Waals surface area contributed by atoms with Crippen molar-refractivity contribution in [2.24, 2.45) is 0 Å². The third kappa shape index (κ3) is 3.80. The van der Waals surface area contributed by atoms with Crippen molar-refractivity contribution in [3.63, 3.8) is 0 Å². The van der Waals surface area contributed by atoms with Crippen LogP contribution in [0.25, 0.3) is 0 Å². The highest BCUT2D eigenvalue weighted by atomic mass is 31.2. The molecule has 1 aromatic heterocycles. The molecule has 1 aromatic carbocycles. The van der Waals surface area contributed by atoms with Gasteiger partial charge in [0.15, 0.2) is 5.82 Å². The van der Waals surface area contributed by atoms with Gasteiger partial charge in [-0.3, -0.25) is 4.98 Å². The van der Waals surface area contributed by atoms with Gasteiger partial charge in [-0.15, -0.1) is 0 Å². The molecule has 0 saturated carbocycles. The Morgan fingerprint density at radius 3 is 2.42 bits per heavy atom. The maximum atomic E-state index is 12.8. The van der Waals surface area contributed by atoms with Gasteiger partial charge in [-0.25, -0.2) is 13.9 Å². The molecular formula is C10H9FN3O4P. The number of phosphoric acid groups is 1. The van der Waals surface area contributed by atoms with Crippen LogP contribution in [-0.4, -0.2) is 19.8 Å². The molecule has 9 heteroatoms. The van der Waals surface area contributed by atoms with Gasteiger partial charge < -0.3 is 9.79 Å². The molecule has 0 amide bonds. The van der Waals surface area contributed by atoms with E-state index in [4.69, 9.17) is 9.79 Å². The van der Waals surface area contributed by atoms with Gasteiger partial charge in [-0.05, 0) is 24.3 Å². The number of benzene rings is 1. The minimum Gasteiger partial charge on any atom is -0.301 e. The first-order valence-corrected chi connectivity index (χ1v) is 6.56. The van der Waals surface area contributed by atoms with Crippen molar-refractivity contribution in [3.8, 4) is 0 Å². The number of nitrogens with zero attached hydrogens (tertiary/aromatic N) is 3. The first-order chi connectivity index (χ1) is 8.96. The quantitative estimate of drug-likeness (QED) is 0.652. The van der Waals surface area contributed by atoms with Crippen LogP contribution >= 0.6 is 7.82 Å². The first-order valence-electron chi connectivity index (χ1n) is 5.03. The smallest absolute Gasteiger partial charge is 0.301 e. The van der Waals surface area contributed by atoms with Crippen LogP contribution in [0.2, 0.25) is 0 Å². The minimum atomic E-state index is -4.80. The fourth-order valence-corrected chi connectivity index (χ4v) is 1.69. The molecule has 0 radical (unpaired) electrons. The van der Waals surface area contributed by atoms with Crippen molar-refractivity contribution in [1.82, 2.24) is 9.97 Å². The molecule has 0 atom stereocenters. The summed E-state index contributed by atoms with van der Waals surface area (Å²) in [7, 11) is -4.80. The summed E-state index contributed by atoms with van der Waals surface area (Å²) in [5.41, 5.74) is 0.199. The van der Waals surface area contributed by atoms with E-state index in [1.165, 1.54) is 30.7 Å². The van der Waals surface area contributed by atoms with E-state index < -0.39 is 13.6 Å². The summed E-state index contributed by atoms with van der Waals surface area (Å²) in [6.45, 7) is 0. The summed E-state index contributed by atoms with van der Waals surface area (Å²) in [4.78, 5) is 25.4. The molecule has 2 rings (SSSR count). The number of aromatic nitrogens is 2. The van der Waals surface area contributed by atoms with Crippen molar-refractivity contribution >= 4 is 19.3 Å². The average Bonchev–Trinajstić information content (AvgIpc) is 2.37. The van der Waals surface area contributed by atoms with Crippen molar-refractivity contribution in [3.05, 3.63) is 48.7 Å². The zero-order valence-corrected chi connectivity index (χ0v) is 10.3. The zero-order valence-electron chi connectivity index (χ0n) is 9.42. The maximum absolute atomic E-state index is 12.8. The Morgan fingerprint density at radius 1 is 1.21 bits per heavy atom. The molecule has 100 valence electrons. The van der Waals surface area contributed by atoms with Crippen LogP contribution in [-0.2, 0) is 9.19 Å². The van der Waals surface area contributed by atoms with Gasteiger partial charge >= 0.3 is 7.82 Å². The zero-order chi connectivity index (χ0) is 13.9. The van der Waals surface area contributed by atoms with E-state index in [9.17, 15) is 8.96 Å². The Labute approximate surface area is 107 Å². The highest BCUT2D eigenvalue weighted by molar-refractivity contribution is 7.46. The Bertz CT molecular complexity index is 589. The predicted octanol–water partition coefficient (Wildman–Crippen LogP) is 1.78. The van der Waals surface area contributed by atoms with Crippen LogP contribution in [0.5, 0.6) is 0 Å². The Morgan fingerprint density at radius 2 is 1.89 bits per heavy atom. The molecule has 0 aliphatic heterocycles. The molecule has 2 aromatic rings. The third-order valence-electron chi connectivity index (χ3n) is 2.01. The molecule has 0 saturated heterocycles. The van der Waals surface area contributed by atoms with Gasteiger partial charge in [0.05, 0.1) is 11.9 Å². The van der Waals surface area contributed by atoms with E-state index in [1.54, 1.807) is 0 Å². The van der Waals surface area contributed by atoms with Crippen molar-refractivity contribution in [2.45, 2.75) is 0 Å². The van der Waals surface area contributed by atoms with Crippen LogP contribution in [0.3, 0.4) is 0 Å². The van der Waals surface area contributed by atoms with Crippen LogP contribution in [0.1, 0.15) is 0 Å². The van der Waals surface area contributed by atoms with Crippen molar-refractivity contribution < 1.29 is 23.4 Å². The second-order valence-corrected chi connectivity index (χ2v) is 4.55. The molecule has 7 nitrogen and oxygen atoms in total. The second-order valence-electron chi connectivity index (χ2n) is 3.41. The lowest BCUT2D eigenvalue weighted by molar-refractivity contribution is 0.197. The van der Waals surface area contributed by atoms with E-state index in [1.807, 2.05) is 0 Å². The summed E-state index contributed by atoms with van der Waals surface area (Å²) in [6, 6.07) is 4.84. The third-order valence-corrected chi connectivity index (χ3v) is 2.38. The van der Waals surface area contributed by atoms with E-state index in [2.05, 4.69) is 14.6 Å². The van der Waals surface area contributed by atoms with E-state index in [0.29, 0.717) is 0 Å². The summed E-state index contributed by atoms with van der Waals surface area (Å²) in [6.07, 6.45) is 3.97. The average molecular weight is 285 g/mol. The molecule has 19 heavy (non-hydrogen) atoms. The van der Waals surface area contributed by atoms with Gasteiger partial charge in [0.2, 0.25) is 0 Å². The number of anilines is 2. The summed E-state index contributed by atoms with van der Waals surface area (Å²) >= 11 is 0. The van der Waals surface area contributed by atoms with Crippen LogP contribution in [0, 0.1) is 5.82 Å². The van der Waals surface area contributed by atoms with Gasteiger partial charge in [-0.2, -0.15) is 9.69 Å². The highest BCUT2D eigenvalue weighted by Crippen LogP contribution is 2.41. The van der Waals surface area contributed by atoms with E-state index in [-0.39, 0.29) is 11.5 Å². The first kappa shape index (κ1) is 13.6. The number of halogens is 1. The fourth-order valence-electron chi connectivity index (χ4n) is 1.30. The van der Waals surface area contributed by atoms with E-state index >= 15 is 0 Å². The molecule has 0 aliphatic rings. The molecular weight excluding hydrogens is 276 g/mol. The summed E-state index contributed by atoms with van der Waals surface area (Å²) < 4.78 is 28.3. The Balaban J connectivity index is 2.40. The van der Waals surface area contributed by atoms with Crippen molar-refractivity contribution in [1.29, 1.82) is 0 Å². The Hall–Kier alpha value is -1.86. The maximum Gasteiger partial charge on any atom is 0.491 e. The van der Waals surface area contributed by atoms with Crippen LogP contribution in [0.4, 0.5) is 15.9 Å². The number of rotatable bonds is 4. The van der Waals surface area contributed by atoms with Crippen LogP contribution < -0.4 is 5.06 Å². The largest absolute Gasteiger partial charge is 0.491 e. The van der Waals surface area contributed by atoms with Gasteiger partial charge in [0.1, 0.15) is 5.82 Å². The standard InChI is InChI=1S/C10H9FN3O4P/c11-8-1-3-9(4-2-8)14(18-19(15,16)17)10-7-12-5-6-13-10/h1-7H,(H2,15,16,17). The molecule has 0 unspecified atom stereocenters. The molecule has 0 fully saturated rings. The van der Waals surface area contributed by atoms with Gasteiger partial charge in [0, 0.05) is 12.4 Å². The SMILES string of the molecule is O=P(O)(O)ON(c1ccc(F)cc1)c1cnccn1. The molecule has 0 aliphatic carbocycles. The fraction of sp³-hybridized carbons (Fsp3) is 0. The lowest BCUT2D eigenvalue weighted by Crippen LogP contribution is -2.17. The van der Waals surface area contributed by atoms with Gasteiger partial charge in [0.25, 0.3) is 0 Å². The second kappa shape index (κ2) is 5.41. The lowest BCUT2D eigenvalue weighted by atomic mass is 10.3.